The molecule has 0 aliphatic heterocycles. The number of fused-ring (bicyclic) bond motifs is 2. The topological polar surface area (TPSA) is 107 Å². The van der Waals surface area contributed by atoms with Crippen molar-refractivity contribution in [2.45, 2.75) is 58.1 Å². The molecule has 4 rings (SSSR count). The Bertz CT molecular complexity index is 936. The van der Waals surface area contributed by atoms with Crippen LogP contribution in [0, 0.1) is 16.7 Å². The van der Waals surface area contributed by atoms with E-state index in [2.05, 4.69) is 22.5 Å². The predicted molar refractivity (Wildman–Crippen MR) is 121 cm³/mol. The van der Waals surface area contributed by atoms with Crippen molar-refractivity contribution in [2.24, 2.45) is 16.7 Å². The molecule has 2 aliphatic carbocycles. The van der Waals surface area contributed by atoms with Gasteiger partial charge in [-0.2, -0.15) is 0 Å². The van der Waals surface area contributed by atoms with E-state index in [4.69, 9.17) is 4.98 Å². The van der Waals surface area contributed by atoms with E-state index in [1.54, 1.807) is 23.7 Å². The van der Waals surface area contributed by atoms with Crippen molar-refractivity contribution in [3.8, 4) is 0 Å². The average molecular weight is 445 g/mol. The van der Waals surface area contributed by atoms with Gasteiger partial charge >= 0.3 is 0 Å². The third kappa shape index (κ3) is 3.85. The third-order valence-electron chi connectivity index (χ3n) is 7.71. The summed E-state index contributed by atoms with van der Waals surface area (Å²) >= 11 is 1.62. The highest BCUT2D eigenvalue weighted by Gasteiger charge is 2.59. The van der Waals surface area contributed by atoms with Gasteiger partial charge in [0.05, 0.1) is 18.4 Å². The maximum atomic E-state index is 13.0. The van der Waals surface area contributed by atoms with Crippen LogP contribution >= 0.6 is 11.3 Å². The second-order valence-corrected chi connectivity index (χ2v) is 10.5. The van der Waals surface area contributed by atoms with E-state index in [1.165, 1.54) is 0 Å². The fraction of sp³-hybridized carbons (Fsp3) is 0.609. The summed E-state index contributed by atoms with van der Waals surface area (Å²) in [4.78, 5) is 23.1. The quantitative estimate of drug-likeness (QED) is 0.546. The lowest BCUT2D eigenvalue weighted by Crippen LogP contribution is -2.57. The van der Waals surface area contributed by atoms with Crippen LogP contribution in [0.15, 0.2) is 24.5 Å². The van der Waals surface area contributed by atoms with Crippen LogP contribution in [0.1, 0.15) is 55.2 Å². The van der Waals surface area contributed by atoms with Gasteiger partial charge in [-0.05, 0) is 42.2 Å². The number of anilines is 1. The van der Waals surface area contributed by atoms with Crippen LogP contribution < -0.4 is 10.6 Å². The summed E-state index contributed by atoms with van der Waals surface area (Å²) in [6.45, 7) is 4.59. The lowest BCUT2D eigenvalue weighted by Gasteiger charge is -2.58. The largest absolute Gasteiger partial charge is 0.396 e. The molecule has 0 aromatic carbocycles. The van der Waals surface area contributed by atoms with Crippen LogP contribution in [0.4, 0.5) is 5.13 Å². The first-order chi connectivity index (χ1) is 14.8. The van der Waals surface area contributed by atoms with Crippen LogP contribution in [0.5, 0.6) is 0 Å². The minimum absolute atomic E-state index is 0.0162. The molecule has 2 aromatic heterocycles. The van der Waals surface area contributed by atoms with Crippen LogP contribution in [0.2, 0.25) is 0 Å². The van der Waals surface area contributed by atoms with Crippen LogP contribution in [0.25, 0.3) is 0 Å². The Hall–Kier alpha value is -2.03. The zero-order valence-electron chi connectivity index (χ0n) is 18.4. The average Bonchev–Trinajstić information content (AvgIpc) is 3.20. The van der Waals surface area contributed by atoms with Crippen molar-refractivity contribution in [3.05, 3.63) is 40.7 Å². The van der Waals surface area contributed by atoms with E-state index in [0.29, 0.717) is 19.4 Å². The number of aromatic nitrogens is 2. The molecule has 0 spiro atoms. The first kappa shape index (κ1) is 22.2. The monoisotopic (exact) mass is 444 g/mol. The summed E-state index contributed by atoms with van der Waals surface area (Å²) in [5, 5.41) is 28.1. The summed E-state index contributed by atoms with van der Waals surface area (Å²) < 4.78 is 0. The molecular formula is C23H32N4O3S. The number of hydrogen-bond donors (Lipinski definition) is 4. The molecular weight excluding hydrogens is 412 g/mol. The molecule has 1 fully saturated rings. The van der Waals surface area contributed by atoms with Crippen molar-refractivity contribution in [1.82, 2.24) is 15.3 Å². The minimum atomic E-state index is -0.598. The molecule has 168 valence electrons. The fourth-order valence-electron chi connectivity index (χ4n) is 5.71. The van der Waals surface area contributed by atoms with E-state index in [-0.39, 0.29) is 29.8 Å². The van der Waals surface area contributed by atoms with Crippen molar-refractivity contribution in [2.75, 3.05) is 19.0 Å². The normalized spacial score (nSPS) is 32.1. The lowest BCUT2D eigenvalue weighted by molar-refractivity contribution is -0.144. The van der Waals surface area contributed by atoms with E-state index in [9.17, 15) is 15.0 Å². The molecule has 2 aromatic rings. The highest BCUT2D eigenvalue weighted by atomic mass is 32.1. The molecule has 0 saturated heterocycles. The standard InChI is InChI=1S/C23H32N4O3S/c1-22-7-6-18(29)23(2,13-28)17(22)10-16-20(27-21(24-3)31-16)15(22)9-19(30)26-12-14-5-4-8-25-11-14/h4-5,8,11,15,17-18,28-29H,6-7,9-10,12-13H2,1-3H3,(H,24,27)(H,26,30). The van der Waals surface area contributed by atoms with Crippen molar-refractivity contribution >= 4 is 22.4 Å². The van der Waals surface area contributed by atoms with Crippen LogP contribution in [0.3, 0.4) is 0 Å². The number of thiazole rings is 1. The number of rotatable bonds is 6. The molecule has 7 nitrogen and oxygen atoms in total. The van der Waals surface area contributed by atoms with Crippen molar-refractivity contribution < 1.29 is 15.0 Å². The molecule has 8 heteroatoms. The van der Waals surface area contributed by atoms with Gasteiger partial charge in [0.15, 0.2) is 5.13 Å². The van der Waals surface area contributed by atoms with Gasteiger partial charge < -0.3 is 20.8 Å². The first-order valence-corrected chi connectivity index (χ1v) is 11.8. The number of nitrogens with one attached hydrogen (secondary N) is 2. The highest BCUT2D eigenvalue weighted by molar-refractivity contribution is 7.15. The fourth-order valence-corrected chi connectivity index (χ4v) is 6.74. The van der Waals surface area contributed by atoms with Gasteiger partial charge in [0.1, 0.15) is 0 Å². The summed E-state index contributed by atoms with van der Waals surface area (Å²) in [7, 11) is 1.86. The number of aliphatic hydroxyl groups is 2. The zero-order chi connectivity index (χ0) is 22.2. The van der Waals surface area contributed by atoms with Crippen molar-refractivity contribution in [1.29, 1.82) is 0 Å². The number of hydrogen-bond acceptors (Lipinski definition) is 7. The van der Waals surface area contributed by atoms with Crippen molar-refractivity contribution in [3.63, 3.8) is 0 Å². The molecule has 0 radical (unpaired) electrons. The predicted octanol–water partition coefficient (Wildman–Crippen LogP) is 2.70. The number of carbonyl (C=O) groups is 1. The zero-order valence-corrected chi connectivity index (χ0v) is 19.2. The van der Waals surface area contributed by atoms with E-state index in [1.807, 2.05) is 26.1 Å². The molecule has 1 amide bonds. The maximum absolute atomic E-state index is 13.0. The second-order valence-electron chi connectivity index (χ2n) is 9.45. The van der Waals surface area contributed by atoms with Gasteiger partial charge in [0.2, 0.25) is 5.91 Å². The Morgan fingerprint density at radius 3 is 2.87 bits per heavy atom. The lowest BCUT2D eigenvalue weighted by atomic mass is 9.47. The van der Waals surface area contributed by atoms with Gasteiger partial charge in [0.25, 0.3) is 0 Å². The number of pyridine rings is 1. The molecule has 5 unspecified atom stereocenters. The number of nitrogens with zero attached hydrogens (tertiary/aromatic N) is 2. The summed E-state index contributed by atoms with van der Waals surface area (Å²) in [5.74, 6) is -0.00749. The Morgan fingerprint density at radius 2 is 2.19 bits per heavy atom. The minimum Gasteiger partial charge on any atom is -0.396 e. The number of carbonyl (C=O) groups excluding carboxylic acids is 1. The van der Waals surface area contributed by atoms with E-state index in [0.717, 1.165) is 34.1 Å². The van der Waals surface area contributed by atoms with E-state index < -0.39 is 11.5 Å². The smallest absolute Gasteiger partial charge is 0.220 e. The molecule has 4 N–H and O–H groups in total. The van der Waals surface area contributed by atoms with E-state index >= 15 is 0 Å². The molecule has 5 atom stereocenters. The Kier molecular flexibility index (Phi) is 6.07. The van der Waals surface area contributed by atoms with Gasteiger partial charge in [-0.1, -0.05) is 19.9 Å². The Labute approximate surface area is 187 Å². The molecule has 2 heterocycles. The van der Waals surface area contributed by atoms with Gasteiger partial charge in [-0.15, -0.1) is 11.3 Å². The summed E-state index contributed by atoms with van der Waals surface area (Å²) in [5.41, 5.74) is 1.14. The summed E-state index contributed by atoms with van der Waals surface area (Å²) in [6, 6.07) is 3.80. The highest BCUT2D eigenvalue weighted by Crippen LogP contribution is 2.62. The maximum Gasteiger partial charge on any atom is 0.220 e. The summed E-state index contributed by atoms with van der Waals surface area (Å²) in [6.07, 6.45) is 5.46. The molecule has 0 bridgehead atoms. The SMILES string of the molecule is CNc1nc2c(s1)CC1C(C)(CO)C(O)CCC1(C)C2CC(=O)NCc1cccnc1. The van der Waals surface area contributed by atoms with Gasteiger partial charge in [0, 0.05) is 48.6 Å². The Morgan fingerprint density at radius 1 is 1.39 bits per heavy atom. The van der Waals surface area contributed by atoms with Crippen LogP contribution in [-0.4, -0.2) is 45.8 Å². The molecule has 2 aliphatic rings. The second kappa shape index (κ2) is 8.48. The van der Waals surface area contributed by atoms with Gasteiger partial charge in [-0.3, -0.25) is 9.78 Å². The van der Waals surface area contributed by atoms with Gasteiger partial charge in [-0.25, -0.2) is 4.98 Å². The molecule has 1 saturated carbocycles. The first-order valence-electron chi connectivity index (χ1n) is 10.9. The number of amides is 1. The Balaban J connectivity index is 1.64. The number of aliphatic hydroxyl groups excluding tert-OH is 2. The van der Waals surface area contributed by atoms with Crippen LogP contribution in [-0.2, 0) is 17.8 Å². The molecule has 31 heavy (non-hydrogen) atoms. The third-order valence-corrected chi connectivity index (χ3v) is 8.82.